The lowest BCUT2D eigenvalue weighted by atomic mass is 10.2. The van der Waals surface area contributed by atoms with Gasteiger partial charge in [0.25, 0.3) is 0 Å². The van der Waals surface area contributed by atoms with Crippen LogP contribution in [0.5, 0.6) is 5.75 Å². The number of aryl methyl sites for hydroxylation is 1. The van der Waals surface area contributed by atoms with E-state index in [1.807, 2.05) is 31.2 Å². The zero-order valence-corrected chi connectivity index (χ0v) is 11.0. The van der Waals surface area contributed by atoms with Crippen molar-refractivity contribution in [3.63, 3.8) is 0 Å². The lowest BCUT2D eigenvalue weighted by Gasteiger charge is -2.13. The van der Waals surface area contributed by atoms with Gasteiger partial charge in [-0.25, -0.2) is 0 Å². The molecule has 100 valence electrons. The Bertz CT molecular complexity index is 362. The maximum atomic E-state index is 10.9. The summed E-state index contributed by atoms with van der Waals surface area (Å²) in [4.78, 5) is 10.9. The van der Waals surface area contributed by atoms with E-state index >= 15 is 0 Å². The lowest BCUT2D eigenvalue weighted by molar-refractivity contribution is -0.139. The standard InChI is InChI=1S/C14H21NO3/c1-3-11-5-7-12(8-6-11)18-10-9-13(14(16)17)15-4-2/h5-8,13,15H,3-4,9-10H2,1-2H3,(H,16,17). The number of ether oxygens (including phenoxy) is 1. The fourth-order valence-corrected chi connectivity index (χ4v) is 1.68. The molecule has 2 N–H and O–H groups in total. The van der Waals surface area contributed by atoms with Crippen LogP contribution < -0.4 is 10.1 Å². The molecule has 0 saturated carbocycles. The van der Waals surface area contributed by atoms with Gasteiger partial charge in [0, 0.05) is 6.42 Å². The monoisotopic (exact) mass is 251 g/mol. The van der Waals surface area contributed by atoms with Crippen molar-refractivity contribution in [2.75, 3.05) is 13.2 Å². The number of likely N-dealkylation sites (N-methyl/N-ethyl adjacent to an activating group) is 1. The number of aliphatic carboxylic acids is 1. The molecule has 1 rings (SSSR count). The van der Waals surface area contributed by atoms with Crippen molar-refractivity contribution < 1.29 is 14.6 Å². The SMILES string of the molecule is CCNC(CCOc1ccc(CC)cc1)C(=O)O. The van der Waals surface area contributed by atoms with Crippen molar-refractivity contribution in [1.82, 2.24) is 5.32 Å². The largest absolute Gasteiger partial charge is 0.494 e. The summed E-state index contributed by atoms with van der Waals surface area (Å²) in [6.07, 6.45) is 1.46. The topological polar surface area (TPSA) is 58.6 Å². The highest BCUT2D eigenvalue weighted by molar-refractivity contribution is 5.73. The highest BCUT2D eigenvalue weighted by atomic mass is 16.5. The maximum Gasteiger partial charge on any atom is 0.320 e. The zero-order valence-electron chi connectivity index (χ0n) is 11.0. The first-order valence-corrected chi connectivity index (χ1v) is 6.35. The zero-order chi connectivity index (χ0) is 13.4. The molecule has 1 aromatic rings. The summed E-state index contributed by atoms with van der Waals surface area (Å²) in [6, 6.07) is 7.34. The molecule has 0 saturated heterocycles. The smallest absolute Gasteiger partial charge is 0.320 e. The summed E-state index contributed by atoms with van der Waals surface area (Å²) in [5.41, 5.74) is 1.26. The van der Waals surface area contributed by atoms with E-state index in [0.29, 0.717) is 19.6 Å². The van der Waals surface area contributed by atoms with E-state index in [1.165, 1.54) is 5.56 Å². The van der Waals surface area contributed by atoms with Gasteiger partial charge in [0.1, 0.15) is 11.8 Å². The van der Waals surface area contributed by atoms with Gasteiger partial charge >= 0.3 is 5.97 Å². The summed E-state index contributed by atoms with van der Waals surface area (Å²) in [5, 5.41) is 11.9. The third kappa shape index (κ3) is 4.75. The van der Waals surface area contributed by atoms with E-state index in [0.717, 1.165) is 12.2 Å². The van der Waals surface area contributed by atoms with Crippen LogP contribution in [-0.4, -0.2) is 30.3 Å². The molecule has 0 fully saturated rings. The normalized spacial score (nSPS) is 12.1. The summed E-state index contributed by atoms with van der Waals surface area (Å²) >= 11 is 0. The quantitative estimate of drug-likeness (QED) is 0.742. The van der Waals surface area contributed by atoms with Crippen LogP contribution in [0.2, 0.25) is 0 Å². The maximum absolute atomic E-state index is 10.9. The van der Waals surface area contributed by atoms with Gasteiger partial charge in [-0.1, -0.05) is 26.0 Å². The molecule has 0 radical (unpaired) electrons. The van der Waals surface area contributed by atoms with Crippen LogP contribution in [0.25, 0.3) is 0 Å². The van der Waals surface area contributed by atoms with Crippen LogP contribution in [0.15, 0.2) is 24.3 Å². The van der Waals surface area contributed by atoms with Gasteiger partial charge in [0.2, 0.25) is 0 Å². The van der Waals surface area contributed by atoms with E-state index in [1.54, 1.807) is 0 Å². The molecule has 0 aliphatic heterocycles. The molecule has 4 heteroatoms. The summed E-state index contributed by atoms with van der Waals surface area (Å²) < 4.78 is 5.53. The molecule has 0 amide bonds. The average molecular weight is 251 g/mol. The van der Waals surface area contributed by atoms with Gasteiger partial charge < -0.3 is 15.2 Å². The molecule has 0 heterocycles. The van der Waals surface area contributed by atoms with Gasteiger partial charge in [-0.2, -0.15) is 0 Å². The first-order valence-electron chi connectivity index (χ1n) is 6.35. The van der Waals surface area contributed by atoms with Crippen LogP contribution in [0, 0.1) is 0 Å². The Labute approximate surface area is 108 Å². The molecule has 1 unspecified atom stereocenters. The molecule has 1 atom stereocenters. The van der Waals surface area contributed by atoms with E-state index < -0.39 is 12.0 Å². The summed E-state index contributed by atoms with van der Waals surface area (Å²) in [6.45, 7) is 5.03. The third-order valence-electron chi connectivity index (χ3n) is 2.76. The molecule has 1 aromatic carbocycles. The second-order valence-corrected chi connectivity index (χ2v) is 4.08. The number of rotatable bonds is 8. The molecular weight excluding hydrogens is 230 g/mol. The van der Waals surface area contributed by atoms with Crippen molar-refractivity contribution in [2.24, 2.45) is 0 Å². The number of carboxylic acids is 1. The van der Waals surface area contributed by atoms with E-state index in [9.17, 15) is 4.79 Å². The van der Waals surface area contributed by atoms with Gasteiger partial charge in [0.05, 0.1) is 6.61 Å². The average Bonchev–Trinajstić information content (AvgIpc) is 2.38. The molecule has 0 aliphatic carbocycles. The van der Waals surface area contributed by atoms with Crippen molar-refractivity contribution in [1.29, 1.82) is 0 Å². The van der Waals surface area contributed by atoms with Crippen molar-refractivity contribution in [2.45, 2.75) is 32.7 Å². The highest BCUT2D eigenvalue weighted by Gasteiger charge is 2.15. The molecule has 0 aliphatic rings. The lowest BCUT2D eigenvalue weighted by Crippen LogP contribution is -2.37. The number of benzene rings is 1. The Hall–Kier alpha value is -1.55. The number of hydrogen-bond acceptors (Lipinski definition) is 3. The minimum absolute atomic E-state index is 0.398. The van der Waals surface area contributed by atoms with E-state index in [2.05, 4.69) is 12.2 Å². The summed E-state index contributed by atoms with van der Waals surface area (Å²) in [5.74, 6) is -0.0466. The van der Waals surface area contributed by atoms with Crippen molar-refractivity contribution in [3.8, 4) is 5.75 Å². The van der Waals surface area contributed by atoms with Crippen LogP contribution in [0.4, 0.5) is 0 Å². The number of carbonyl (C=O) groups is 1. The Morgan fingerprint density at radius 2 is 2.00 bits per heavy atom. The molecule has 4 nitrogen and oxygen atoms in total. The Balaban J connectivity index is 2.37. The Kier molecular flexibility index (Phi) is 6.22. The van der Waals surface area contributed by atoms with Crippen LogP contribution in [0.1, 0.15) is 25.8 Å². The minimum atomic E-state index is -0.832. The van der Waals surface area contributed by atoms with E-state index in [4.69, 9.17) is 9.84 Å². The van der Waals surface area contributed by atoms with Gasteiger partial charge in [-0.05, 0) is 30.7 Å². The minimum Gasteiger partial charge on any atom is -0.494 e. The van der Waals surface area contributed by atoms with Crippen molar-refractivity contribution in [3.05, 3.63) is 29.8 Å². The number of hydrogen-bond donors (Lipinski definition) is 2. The predicted molar refractivity (Wildman–Crippen MR) is 71.0 cm³/mol. The Morgan fingerprint density at radius 3 is 2.50 bits per heavy atom. The van der Waals surface area contributed by atoms with Gasteiger partial charge in [0.15, 0.2) is 0 Å². The Morgan fingerprint density at radius 1 is 1.33 bits per heavy atom. The highest BCUT2D eigenvalue weighted by Crippen LogP contribution is 2.12. The van der Waals surface area contributed by atoms with Crippen molar-refractivity contribution >= 4 is 5.97 Å². The molecule has 0 spiro atoms. The fourth-order valence-electron chi connectivity index (χ4n) is 1.68. The molecule has 0 bridgehead atoms. The summed E-state index contributed by atoms with van der Waals surface area (Å²) in [7, 11) is 0. The first-order chi connectivity index (χ1) is 8.67. The van der Waals surface area contributed by atoms with Crippen LogP contribution >= 0.6 is 0 Å². The predicted octanol–water partition coefficient (Wildman–Crippen LogP) is 2.08. The van der Waals surface area contributed by atoms with Gasteiger partial charge in [-0.15, -0.1) is 0 Å². The number of nitrogens with one attached hydrogen (secondary N) is 1. The van der Waals surface area contributed by atoms with Crippen LogP contribution in [0.3, 0.4) is 0 Å². The molecule has 18 heavy (non-hydrogen) atoms. The third-order valence-corrected chi connectivity index (χ3v) is 2.76. The second-order valence-electron chi connectivity index (χ2n) is 4.08. The van der Waals surface area contributed by atoms with Gasteiger partial charge in [-0.3, -0.25) is 4.79 Å². The molecule has 0 aromatic heterocycles. The van der Waals surface area contributed by atoms with Crippen LogP contribution in [-0.2, 0) is 11.2 Å². The fraction of sp³-hybridized carbons (Fsp3) is 0.500. The molecular formula is C14H21NO3. The second kappa shape index (κ2) is 7.71. The van der Waals surface area contributed by atoms with E-state index in [-0.39, 0.29) is 0 Å². The number of carboxylic acid groups (broad SMARTS) is 1. The first kappa shape index (κ1) is 14.5.